The minimum atomic E-state index is -0.371. The summed E-state index contributed by atoms with van der Waals surface area (Å²) in [4.78, 5) is 14.5. The van der Waals surface area contributed by atoms with Gasteiger partial charge in [0.15, 0.2) is 0 Å². The van der Waals surface area contributed by atoms with E-state index in [9.17, 15) is 4.79 Å². The maximum atomic E-state index is 10.6. The van der Waals surface area contributed by atoms with Crippen molar-refractivity contribution in [3.05, 3.63) is 28.2 Å². The van der Waals surface area contributed by atoms with E-state index in [1.165, 1.54) is 12.8 Å². The van der Waals surface area contributed by atoms with Gasteiger partial charge in [0.1, 0.15) is 11.3 Å². The van der Waals surface area contributed by atoms with E-state index < -0.39 is 0 Å². The second kappa shape index (κ2) is 4.52. The fraction of sp³-hybridized carbons (Fsp3) is 0.500. The van der Waals surface area contributed by atoms with Gasteiger partial charge in [0.05, 0.1) is 6.61 Å². The second-order valence-electron chi connectivity index (χ2n) is 5.13. The Balaban J connectivity index is 1.89. The molecule has 3 rings (SSSR count). The van der Waals surface area contributed by atoms with Crippen LogP contribution in [0.15, 0.2) is 27.7 Å². The van der Waals surface area contributed by atoms with Crippen LogP contribution in [0.5, 0.6) is 5.75 Å². The molecule has 0 heterocycles. The van der Waals surface area contributed by atoms with Crippen molar-refractivity contribution < 1.29 is 9.53 Å². The summed E-state index contributed by atoms with van der Waals surface area (Å²) in [7, 11) is 0. The van der Waals surface area contributed by atoms with Crippen molar-refractivity contribution in [3.63, 3.8) is 0 Å². The first-order chi connectivity index (χ1) is 8.73. The standard InChI is InChI=1S/C14H14BrNO2/c15-11-3-4-13(18-8-10-1-2-10)12(7-11)14(5-6-14)16-9-17/h3-4,7,10H,1-2,5-6,8H2. The summed E-state index contributed by atoms with van der Waals surface area (Å²) in [6.07, 6.45) is 6.03. The molecule has 0 N–H and O–H groups in total. The zero-order valence-electron chi connectivity index (χ0n) is 9.99. The highest BCUT2D eigenvalue weighted by atomic mass is 79.9. The number of ether oxygens (including phenoxy) is 1. The highest BCUT2D eigenvalue weighted by Gasteiger charge is 2.47. The molecule has 2 aliphatic rings. The monoisotopic (exact) mass is 307 g/mol. The molecule has 0 aromatic heterocycles. The lowest BCUT2D eigenvalue weighted by atomic mass is 10.0. The number of benzene rings is 1. The number of aliphatic imine (C=N–C) groups is 1. The third kappa shape index (κ3) is 2.36. The topological polar surface area (TPSA) is 38.7 Å². The van der Waals surface area contributed by atoms with Crippen molar-refractivity contribution in [1.29, 1.82) is 0 Å². The average Bonchev–Trinajstić information content (AvgIpc) is 3.24. The van der Waals surface area contributed by atoms with Crippen molar-refractivity contribution in [3.8, 4) is 5.75 Å². The van der Waals surface area contributed by atoms with Crippen LogP contribution in [-0.4, -0.2) is 12.7 Å². The highest BCUT2D eigenvalue weighted by molar-refractivity contribution is 9.10. The molecule has 94 valence electrons. The minimum absolute atomic E-state index is 0.371. The van der Waals surface area contributed by atoms with E-state index in [-0.39, 0.29) is 5.54 Å². The van der Waals surface area contributed by atoms with Crippen LogP contribution in [0, 0.1) is 5.92 Å². The Morgan fingerprint density at radius 1 is 1.44 bits per heavy atom. The molecule has 0 aliphatic heterocycles. The normalized spacial score (nSPS) is 20.1. The number of carbonyl (C=O) groups excluding carboxylic acids is 1. The van der Waals surface area contributed by atoms with Crippen molar-refractivity contribution in [2.75, 3.05) is 6.61 Å². The lowest BCUT2D eigenvalue weighted by Crippen LogP contribution is -2.08. The van der Waals surface area contributed by atoms with E-state index in [1.54, 1.807) is 6.08 Å². The van der Waals surface area contributed by atoms with E-state index >= 15 is 0 Å². The van der Waals surface area contributed by atoms with Crippen molar-refractivity contribution in [2.24, 2.45) is 10.9 Å². The van der Waals surface area contributed by atoms with Crippen LogP contribution in [0.4, 0.5) is 0 Å². The molecule has 0 saturated heterocycles. The van der Waals surface area contributed by atoms with Gasteiger partial charge in [-0.25, -0.2) is 4.79 Å². The first kappa shape index (κ1) is 11.9. The molecule has 0 atom stereocenters. The maximum absolute atomic E-state index is 10.6. The van der Waals surface area contributed by atoms with Crippen molar-refractivity contribution >= 4 is 22.0 Å². The van der Waals surface area contributed by atoms with Gasteiger partial charge in [-0.1, -0.05) is 15.9 Å². The summed E-state index contributed by atoms with van der Waals surface area (Å²) in [6, 6.07) is 5.94. The molecule has 0 radical (unpaired) electrons. The van der Waals surface area contributed by atoms with Gasteiger partial charge in [0, 0.05) is 10.0 Å². The number of isocyanates is 1. The fourth-order valence-corrected chi connectivity index (χ4v) is 2.49. The molecular formula is C14H14BrNO2. The van der Waals surface area contributed by atoms with Crippen LogP contribution >= 0.6 is 15.9 Å². The second-order valence-corrected chi connectivity index (χ2v) is 6.05. The first-order valence-electron chi connectivity index (χ1n) is 6.25. The number of nitrogens with zero attached hydrogens (tertiary/aromatic N) is 1. The van der Waals surface area contributed by atoms with Crippen LogP contribution < -0.4 is 4.74 Å². The molecule has 18 heavy (non-hydrogen) atoms. The maximum Gasteiger partial charge on any atom is 0.235 e. The van der Waals surface area contributed by atoms with Crippen LogP contribution in [0.25, 0.3) is 0 Å². The molecule has 2 aliphatic carbocycles. The Labute approximate surface area is 114 Å². The van der Waals surface area contributed by atoms with E-state index in [0.29, 0.717) is 5.92 Å². The summed E-state index contributed by atoms with van der Waals surface area (Å²) >= 11 is 3.46. The highest BCUT2D eigenvalue weighted by Crippen LogP contribution is 2.53. The Hall–Kier alpha value is -1.12. The SMILES string of the molecule is O=C=NC1(c2cc(Br)ccc2OCC2CC2)CC1. The molecule has 4 heteroatoms. The lowest BCUT2D eigenvalue weighted by Gasteiger charge is -2.15. The fourth-order valence-electron chi connectivity index (χ4n) is 2.13. The predicted octanol–water partition coefficient (Wildman–Crippen LogP) is 3.56. The zero-order chi connectivity index (χ0) is 12.6. The summed E-state index contributed by atoms with van der Waals surface area (Å²) in [5.74, 6) is 1.58. The van der Waals surface area contributed by atoms with Crippen LogP contribution in [0.1, 0.15) is 31.2 Å². The van der Waals surface area contributed by atoms with Gasteiger partial charge in [-0.05, 0) is 49.8 Å². The smallest absolute Gasteiger partial charge is 0.235 e. The molecule has 0 amide bonds. The van der Waals surface area contributed by atoms with E-state index in [1.807, 2.05) is 18.2 Å². The molecular weight excluding hydrogens is 294 g/mol. The van der Waals surface area contributed by atoms with E-state index in [0.717, 1.165) is 35.2 Å². The molecule has 2 saturated carbocycles. The summed E-state index contributed by atoms with van der Waals surface area (Å²) in [6.45, 7) is 0.773. The molecule has 2 fully saturated rings. The Morgan fingerprint density at radius 3 is 2.83 bits per heavy atom. The minimum Gasteiger partial charge on any atom is -0.493 e. The van der Waals surface area contributed by atoms with Gasteiger partial charge in [-0.2, -0.15) is 4.99 Å². The van der Waals surface area contributed by atoms with Crippen LogP contribution in [0.2, 0.25) is 0 Å². The summed E-state index contributed by atoms with van der Waals surface area (Å²) < 4.78 is 6.87. The lowest BCUT2D eigenvalue weighted by molar-refractivity contribution is 0.294. The Kier molecular flexibility index (Phi) is 3.00. The number of hydrogen-bond donors (Lipinski definition) is 0. The summed E-state index contributed by atoms with van der Waals surface area (Å²) in [5, 5.41) is 0. The van der Waals surface area contributed by atoms with Gasteiger partial charge in [-0.3, -0.25) is 0 Å². The van der Waals surface area contributed by atoms with Crippen molar-refractivity contribution in [1.82, 2.24) is 0 Å². The average molecular weight is 308 g/mol. The Bertz CT molecular complexity index is 515. The third-order valence-corrected chi connectivity index (χ3v) is 4.09. The molecule has 1 aromatic carbocycles. The van der Waals surface area contributed by atoms with Gasteiger partial charge in [0.25, 0.3) is 0 Å². The van der Waals surface area contributed by atoms with E-state index in [4.69, 9.17) is 4.74 Å². The van der Waals surface area contributed by atoms with Crippen LogP contribution in [-0.2, 0) is 10.3 Å². The molecule has 0 unspecified atom stereocenters. The molecule has 3 nitrogen and oxygen atoms in total. The van der Waals surface area contributed by atoms with Gasteiger partial charge in [-0.15, -0.1) is 0 Å². The predicted molar refractivity (Wildman–Crippen MR) is 71.4 cm³/mol. The molecule has 1 aromatic rings. The molecule has 0 bridgehead atoms. The number of hydrogen-bond acceptors (Lipinski definition) is 3. The van der Waals surface area contributed by atoms with E-state index in [2.05, 4.69) is 20.9 Å². The van der Waals surface area contributed by atoms with Gasteiger partial charge < -0.3 is 4.74 Å². The third-order valence-electron chi connectivity index (χ3n) is 3.60. The first-order valence-corrected chi connectivity index (χ1v) is 7.05. The number of rotatable bonds is 5. The quantitative estimate of drug-likeness (QED) is 0.616. The Morgan fingerprint density at radius 2 is 2.22 bits per heavy atom. The zero-order valence-corrected chi connectivity index (χ0v) is 11.6. The summed E-state index contributed by atoms with van der Waals surface area (Å²) in [5.41, 5.74) is 0.644. The van der Waals surface area contributed by atoms with Gasteiger partial charge >= 0.3 is 0 Å². The van der Waals surface area contributed by atoms with Crippen LogP contribution in [0.3, 0.4) is 0 Å². The largest absolute Gasteiger partial charge is 0.493 e. The molecule has 0 spiro atoms. The van der Waals surface area contributed by atoms with Crippen molar-refractivity contribution in [2.45, 2.75) is 31.2 Å². The van der Waals surface area contributed by atoms with Gasteiger partial charge in [0.2, 0.25) is 6.08 Å². The number of halogens is 1.